The molecule has 6 nitrogen and oxygen atoms in total. The van der Waals surface area contributed by atoms with E-state index >= 15 is 0 Å². The summed E-state index contributed by atoms with van der Waals surface area (Å²) in [4.78, 5) is 21.3. The maximum absolute atomic E-state index is 12.2. The third kappa shape index (κ3) is 5.54. The van der Waals surface area contributed by atoms with Crippen LogP contribution in [0.3, 0.4) is 0 Å². The Labute approximate surface area is 130 Å². The Morgan fingerprint density at radius 2 is 2.14 bits per heavy atom. The van der Waals surface area contributed by atoms with Crippen LogP contribution in [-0.2, 0) is 20.3 Å². The van der Waals surface area contributed by atoms with E-state index in [-0.39, 0.29) is 18.7 Å². The molecule has 22 heavy (non-hydrogen) atoms. The molecular formula is C15H22NO5P. The molecule has 0 spiro atoms. The number of carbonyl (C=O) groups is 1. The van der Waals surface area contributed by atoms with Crippen LogP contribution in [0.5, 0.6) is 0 Å². The average Bonchev–Trinajstić information content (AvgIpc) is 2.97. The highest BCUT2D eigenvalue weighted by atomic mass is 31.2. The summed E-state index contributed by atoms with van der Waals surface area (Å²) in [7, 11) is -3.76. The number of carboxylic acids is 1. The lowest BCUT2D eigenvalue weighted by molar-refractivity contribution is -0.139. The molecule has 1 heterocycles. The highest BCUT2D eigenvalue weighted by molar-refractivity contribution is 7.55. The summed E-state index contributed by atoms with van der Waals surface area (Å²) in [6.45, 7) is 0.711. The maximum atomic E-state index is 12.2. The van der Waals surface area contributed by atoms with Crippen molar-refractivity contribution in [3.8, 4) is 0 Å². The van der Waals surface area contributed by atoms with E-state index in [0.717, 1.165) is 12.8 Å². The molecule has 1 aromatic rings. The van der Waals surface area contributed by atoms with Gasteiger partial charge in [0, 0.05) is 6.61 Å². The molecule has 1 saturated heterocycles. The van der Waals surface area contributed by atoms with Crippen LogP contribution in [-0.4, -0.2) is 34.7 Å². The van der Waals surface area contributed by atoms with E-state index in [2.05, 4.69) is 5.09 Å². The Balaban J connectivity index is 1.90. The van der Waals surface area contributed by atoms with Crippen molar-refractivity contribution in [1.82, 2.24) is 5.09 Å². The van der Waals surface area contributed by atoms with Crippen molar-refractivity contribution < 1.29 is 24.1 Å². The molecule has 0 bridgehead atoms. The summed E-state index contributed by atoms with van der Waals surface area (Å²) in [5, 5.41) is 11.7. The molecule has 7 heteroatoms. The largest absolute Gasteiger partial charge is 0.480 e. The Kier molecular flexibility index (Phi) is 6.15. The van der Waals surface area contributed by atoms with Gasteiger partial charge in [-0.2, -0.15) is 0 Å². The minimum Gasteiger partial charge on any atom is -0.480 e. The number of nitrogens with one attached hydrogen (secondary N) is 1. The van der Waals surface area contributed by atoms with Crippen molar-refractivity contribution in [3.63, 3.8) is 0 Å². The first-order chi connectivity index (χ1) is 10.5. The van der Waals surface area contributed by atoms with Crippen LogP contribution in [0.25, 0.3) is 0 Å². The van der Waals surface area contributed by atoms with Gasteiger partial charge in [-0.1, -0.05) is 30.3 Å². The number of carboxylic acid groups (broad SMARTS) is 1. The lowest BCUT2D eigenvalue weighted by atomic mass is 10.1. The number of benzene rings is 1. The van der Waals surface area contributed by atoms with E-state index in [1.807, 2.05) is 6.07 Å². The second-order valence-electron chi connectivity index (χ2n) is 5.58. The molecule has 0 saturated carbocycles. The second-order valence-corrected chi connectivity index (χ2v) is 7.56. The topological polar surface area (TPSA) is 95.9 Å². The van der Waals surface area contributed by atoms with Crippen LogP contribution in [0.2, 0.25) is 0 Å². The fourth-order valence-electron chi connectivity index (χ4n) is 2.59. The van der Waals surface area contributed by atoms with Crippen LogP contribution in [0.15, 0.2) is 30.3 Å². The van der Waals surface area contributed by atoms with Crippen molar-refractivity contribution in [2.24, 2.45) is 0 Å². The third-order valence-corrected chi connectivity index (χ3v) is 5.21. The molecule has 2 rings (SSSR count). The Hall–Kier alpha value is -1.20. The fourth-order valence-corrected chi connectivity index (χ4v) is 4.11. The smallest absolute Gasteiger partial charge is 0.321 e. The van der Waals surface area contributed by atoms with Crippen molar-refractivity contribution >= 4 is 13.5 Å². The molecule has 3 atom stereocenters. The van der Waals surface area contributed by atoms with Gasteiger partial charge in [0.2, 0.25) is 0 Å². The van der Waals surface area contributed by atoms with Crippen LogP contribution < -0.4 is 5.09 Å². The molecular weight excluding hydrogens is 305 g/mol. The lowest BCUT2D eigenvalue weighted by Gasteiger charge is -2.20. The number of rotatable bonds is 8. The molecule has 3 N–H and O–H groups in total. The Morgan fingerprint density at radius 3 is 2.73 bits per heavy atom. The molecule has 1 aromatic carbocycles. The predicted octanol–water partition coefficient (Wildman–Crippen LogP) is 2.37. The summed E-state index contributed by atoms with van der Waals surface area (Å²) < 4.78 is 17.7. The standard InChI is InChI=1S/C15H22NO5P/c17-15(18)14(9-8-13-7-4-10-21-13)16-22(19,20)11-12-5-2-1-3-6-12/h1-3,5-6,13-14H,4,7-11H2,(H,17,18)(H2,16,19,20). The monoisotopic (exact) mass is 327 g/mol. The van der Waals surface area contributed by atoms with Crippen molar-refractivity contribution in [3.05, 3.63) is 35.9 Å². The van der Waals surface area contributed by atoms with E-state index in [0.29, 0.717) is 18.6 Å². The van der Waals surface area contributed by atoms with Gasteiger partial charge in [-0.25, -0.2) is 5.09 Å². The normalized spacial score (nSPS) is 22.1. The zero-order valence-corrected chi connectivity index (χ0v) is 13.2. The van der Waals surface area contributed by atoms with Gasteiger partial charge in [-0.3, -0.25) is 9.36 Å². The van der Waals surface area contributed by atoms with Gasteiger partial charge >= 0.3 is 5.97 Å². The summed E-state index contributed by atoms with van der Waals surface area (Å²) >= 11 is 0. The Bertz CT molecular complexity index is 530. The molecule has 0 radical (unpaired) electrons. The molecule has 3 unspecified atom stereocenters. The number of aliphatic carboxylic acids is 1. The lowest BCUT2D eigenvalue weighted by Crippen LogP contribution is -2.35. The zero-order chi connectivity index (χ0) is 16.0. The van der Waals surface area contributed by atoms with Crippen LogP contribution in [0, 0.1) is 0 Å². The van der Waals surface area contributed by atoms with Crippen molar-refractivity contribution in [2.45, 2.75) is 44.0 Å². The Morgan fingerprint density at radius 1 is 1.41 bits per heavy atom. The fraction of sp³-hybridized carbons (Fsp3) is 0.533. The van der Waals surface area contributed by atoms with Crippen molar-refractivity contribution in [2.75, 3.05) is 6.61 Å². The van der Waals surface area contributed by atoms with E-state index in [1.54, 1.807) is 24.3 Å². The average molecular weight is 327 g/mol. The van der Waals surface area contributed by atoms with Gasteiger partial charge in [-0.15, -0.1) is 0 Å². The van der Waals surface area contributed by atoms with Gasteiger partial charge in [-0.05, 0) is 31.2 Å². The first kappa shape index (κ1) is 17.2. The molecule has 1 aliphatic rings. The summed E-state index contributed by atoms with van der Waals surface area (Å²) in [6, 6.07) is 7.83. The van der Waals surface area contributed by atoms with Gasteiger partial charge in [0.1, 0.15) is 6.04 Å². The van der Waals surface area contributed by atoms with Crippen molar-refractivity contribution in [1.29, 1.82) is 0 Å². The summed E-state index contributed by atoms with van der Waals surface area (Å²) in [5.74, 6) is -1.11. The number of hydrogen-bond acceptors (Lipinski definition) is 3. The second kappa shape index (κ2) is 7.88. The predicted molar refractivity (Wildman–Crippen MR) is 82.7 cm³/mol. The molecule has 1 fully saturated rings. The van der Waals surface area contributed by atoms with Gasteiger partial charge < -0.3 is 14.7 Å². The van der Waals surface area contributed by atoms with Crippen LogP contribution >= 0.6 is 7.52 Å². The van der Waals surface area contributed by atoms with Gasteiger partial charge in [0.25, 0.3) is 7.52 Å². The minimum atomic E-state index is -3.76. The van der Waals surface area contributed by atoms with Crippen LogP contribution in [0.4, 0.5) is 0 Å². The third-order valence-electron chi connectivity index (χ3n) is 3.70. The van der Waals surface area contributed by atoms with E-state index in [4.69, 9.17) is 4.74 Å². The number of hydrogen-bond donors (Lipinski definition) is 3. The molecule has 122 valence electrons. The van der Waals surface area contributed by atoms with E-state index in [1.165, 1.54) is 0 Å². The minimum absolute atomic E-state index is 0.0656. The highest BCUT2D eigenvalue weighted by Gasteiger charge is 2.29. The molecule has 0 aliphatic carbocycles. The summed E-state index contributed by atoms with van der Waals surface area (Å²) in [5.41, 5.74) is 0.698. The van der Waals surface area contributed by atoms with Gasteiger partial charge in [0.15, 0.2) is 0 Å². The van der Waals surface area contributed by atoms with Gasteiger partial charge in [0.05, 0.1) is 12.3 Å². The molecule has 0 amide bonds. The van der Waals surface area contributed by atoms with E-state index < -0.39 is 19.5 Å². The SMILES string of the molecule is O=C(O)C(CCC1CCCO1)NP(=O)(O)Cc1ccccc1. The van der Waals surface area contributed by atoms with Crippen LogP contribution in [0.1, 0.15) is 31.2 Å². The highest BCUT2D eigenvalue weighted by Crippen LogP contribution is 2.40. The zero-order valence-electron chi connectivity index (χ0n) is 12.4. The molecule has 0 aromatic heterocycles. The molecule has 1 aliphatic heterocycles. The first-order valence-electron chi connectivity index (χ1n) is 7.44. The maximum Gasteiger partial charge on any atom is 0.321 e. The quantitative estimate of drug-likeness (QED) is 0.635. The first-order valence-corrected chi connectivity index (χ1v) is 9.29. The number of ether oxygens (including phenoxy) is 1. The summed E-state index contributed by atoms with van der Waals surface area (Å²) in [6.07, 6.45) is 2.75. The van der Waals surface area contributed by atoms with E-state index in [9.17, 15) is 19.4 Å².